The van der Waals surface area contributed by atoms with Crippen molar-refractivity contribution in [2.45, 2.75) is 13.5 Å². The highest BCUT2D eigenvalue weighted by Crippen LogP contribution is 2.08. The second kappa shape index (κ2) is 6.98. The first-order valence-electron chi connectivity index (χ1n) is 7.02. The van der Waals surface area contributed by atoms with Gasteiger partial charge in [-0.1, -0.05) is 12.1 Å². The number of rotatable bonds is 5. The molecule has 1 N–H and O–H groups in total. The average Bonchev–Trinajstić information content (AvgIpc) is 2.41. The Balaban J connectivity index is 1.65. The zero-order valence-corrected chi connectivity index (χ0v) is 12.0. The van der Waals surface area contributed by atoms with Crippen LogP contribution < -0.4 is 5.32 Å². The van der Waals surface area contributed by atoms with Gasteiger partial charge in [0.15, 0.2) is 0 Å². The molecule has 1 aliphatic heterocycles. The molecule has 1 heterocycles. The fourth-order valence-corrected chi connectivity index (χ4v) is 2.36. The molecule has 0 spiro atoms. The Hall–Kier alpha value is -0.970. The van der Waals surface area contributed by atoms with E-state index in [1.807, 2.05) is 19.1 Å². The summed E-state index contributed by atoms with van der Waals surface area (Å²) in [6.07, 6.45) is 0. The number of likely N-dealkylation sites (N-methyl/N-ethyl adjacent to an activating group) is 1. The van der Waals surface area contributed by atoms with Crippen LogP contribution in [-0.2, 0) is 6.54 Å². The summed E-state index contributed by atoms with van der Waals surface area (Å²) in [4.78, 5) is 4.86. The van der Waals surface area contributed by atoms with Gasteiger partial charge < -0.3 is 10.2 Å². The van der Waals surface area contributed by atoms with Crippen molar-refractivity contribution in [3.63, 3.8) is 0 Å². The number of nitrogens with one attached hydrogen (secondary N) is 1. The van der Waals surface area contributed by atoms with E-state index in [0.717, 1.165) is 56.9 Å². The fourth-order valence-electron chi connectivity index (χ4n) is 2.36. The van der Waals surface area contributed by atoms with Gasteiger partial charge >= 0.3 is 0 Å². The minimum absolute atomic E-state index is 0.124. The van der Waals surface area contributed by atoms with Crippen molar-refractivity contribution in [3.05, 3.63) is 35.1 Å². The first-order valence-corrected chi connectivity index (χ1v) is 7.02. The van der Waals surface area contributed by atoms with Crippen LogP contribution in [-0.4, -0.2) is 56.1 Å². The lowest BCUT2D eigenvalue weighted by Crippen LogP contribution is -2.46. The van der Waals surface area contributed by atoms with Crippen LogP contribution >= 0.6 is 0 Å². The Labute approximate surface area is 115 Å². The fraction of sp³-hybridized carbons (Fsp3) is 0.600. The van der Waals surface area contributed by atoms with Crippen molar-refractivity contribution >= 4 is 0 Å². The van der Waals surface area contributed by atoms with E-state index in [1.165, 1.54) is 0 Å². The smallest absolute Gasteiger partial charge is 0.126 e. The molecule has 0 aliphatic carbocycles. The molecule has 1 aromatic carbocycles. The molecule has 0 radical (unpaired) electrons. The van der Waals surface area contributed by atoms with Crippen LogP contribution in [0, 0.1) is 12.7 Å². The quantitative estimate of drug-likeness (QED) is 0.813. The topological polar surface area (TPSA) is 18.5 Å². The van der Waals surface area contributed by atoms with Gasteiger partial charge in [-0.3, -0.25) is 4.90 Å². The monoisotopic (exact) mass is 265 g/mol. The number of aryl methyl sites for hydroxylation is 1. The number of nitrogens with zero attached hydrogens (tertiary/aromatic N) is 2. The third-order valence-corrected chi connectivity index (χ3v) is 3.75. The highest BCUT2D eigenvalue weighted by Gasteiger charge is 2.12. The summed E-state index contributed by atoms with van der Waals surface area (Å²) >= 11 is 0. The molecular formula is C15H24FN3. The molecule has 0 saturated carbocycles. The van der Waals surface area contributed by atoms with E-state index in [4.69, 9.17) is 0 Å². The first kappa shape index (κ1) is 14.4. The Morgan fingerprint density at radius 1 is 1.21 bits per heavy atom. The second-order valence-electron chi connectivity index (χ2n) is 5.41. The van der Waals surface area contributed by atoms with Crippen LogP contribution in [0.5, 0.6) is 0 Å². The maximum atomic E-state index is 13.1. The molecule has 1 aromatic rings. The third-order valence-electron chi connectivity index (χ3n) is 3.75. The van der Waals surface area contributed by atoms with Gasteiger partial charge in [0.05, 0.1) is 0 Å². The van der Waals surface area contributed by atoms with Gasteiger partial charge in [0.25, 0.3) is 0 Å². The van der Waals surface area contributed by atoms with Crippen LogP contribution in [0.3, 0.4) is 0 Å². The molecule has 2 rings (SSSR count). The van der Waals surface area contributed by atoms with E-state index in [0.29, 0.717) is 0 Å². The Bertz CT molecular complexity index is 400. The zero-order chi connectivity index (χ0) is 13.7. The molecule has 106 valence electrons. The maximum Gasteiger partial charge on any atom is 0.126 e. The second-order valence-corrected chi connectivity index (χ2v) is 5.41. The molecule has 1 aliphatic rings. The molecule has 19 heavy (non-hydrogen) atoms. The minimum atomic E-state index is -0.124. The molecule has 0 amide bonds. The summed E-state index contributed by atoms with van der Waals surface area (Å²) in [5, 5.41) is 3.43. The zero-order valence-electron chi connectivity index (χ0n) is 12.0. The lowest BCUT2D eigenvalue weighted by molar-refractivity contribution is 0.154. The highest BCUT2D eigenvalue weighted by molar-refractivity contribution is 5.23. The van der Waals surface area contributed by atoms with E-state index >= 15 is 0 Å². The summed E-state index contributed by atoms with van der Waals surface area (Å²) in [5.74, 6) is -0.124. The van der Waals surface area contributed by atoms with Crippen LogP contribution in [0.4, 0.5) is 4.39 Å². The number of benzene rings is 1. The lowest BCUT2D eigenvalue weighted by Gasteiger charge is -2.32. The van der Waals surface area contributed by atoms with E-state index in [2.05, 4.69) is 22.2 Å². The van der Waals surface area contributed by atoms with E-state index in [1.54, 1.807) is 6.07 Å². The van der Waals surface area contributed by atoms with Gasteiger partial charge in [0.1, 0.15) is 5.82 Å². The van der Waals surface area contributed by atoms with Crippen molar-refractivity contribution in [2.75, 3.05) is 46.3 Å². The number of hydrogen-bond donors (Lipinski definition) is 1. The number of hydrogen-bond acceptors (Lipinski definition) is 3. The molecular weight excluding hydrogens is 241 g/mol. The Morgan fingerprint density at radius 3 is 2.63 bits per heavy atom. The maximum absolute atomic E-state index is 13.1. The Kier molecular flexibility index (Phi) is 5.31. The number of piperazine rings is 1. The predicted molar refractivity (Wildman–Crippen MR) is 76.8 cm³/mol. The van der Waals surface area contributed by atoms with Crippen LogP contribution in [0.15, 0.2) is 18.2 Å². The normalized spacial score (nSPS) is 17.8. The summed E-state index contributed by atoms with van der Waals surface area (Å²) < 4.78 is 13.1. The molecule has 1 saturated heterocycles. The standard InChI is InChI=1S/C15H24FN3/c1-13-11-14(3-4-15(13)16)12-17-5-6-19-9-7-18(2)8-10-19/h3-4,11,17H,5-10,12H2,1-2H3. The van der Waals surface area contributed by atoms with Crippen molar-refractivity contribution in [1.29, 1.82) is 0 Å². The van der Waals surface area contributed by atoms with Gasteiger partial charge in [-0.15, -0.1) is 0 Å². The van der Waals surface area contributed by atoms with E-state index in [-0.39, 0.29) is 5.82 Å². The van der Waals surface area contributed by atoms with Crippen molar-refractivity contribution in [2.24, 2.45) is 0 Å². The summed E-state index contributed by atoms with van der Waals surface area (Å²) in [6, 6.07) is 5.32. The molecule has 0 unspecified atom stereocenters. The number of halogens is 1. The lowest BCUT2D eigenvalue weighted by atomic mass is 10.1. The van der Waals surface area contributed by atoms with Crippen LogP contribution in [0.1, 0.15) is 11.1 Å². The summed E-state index contributed by atoms with van der Waals surface area (Å²) in [7, 11) is 2.17. The third kappa shape index (κ3) is 4.56. The van der Waals surface area contributed by atoms with Gasteiger partial charge in [-0.05, 0) is 31.2 Å². The largest absolute Gasteiger partial charge is 0.311 e. The van der Waals surface area contributed by atoms with E-state index in [9.17, 15) is 4.39 Å². The van der Waals surface area contributed by atoms with Gasteiger partial charge in [-0.25, -0.2) is 4.39 Å². The molecule has 1 fully saturated rings. The van der Waals surface area contributed by atoms with Gasteiger partial charge in [-0.2, -0.15) is 0 Å². The molecule has 0 bridgehead atoms. The summed E-state index contributed by atoms with van der Waals surface area (Å²) in [6.45, 7) is 9.35. The molecule has 0 atom stereocenters. The van der Waals surface area contributed by atoms with E-state index < -0.39 is 0 Å². The van der Waals surface area contributed by atoms with Crippen LogP contribution in [0.2, 0.25) is 0 Å². The van der Waals surface area contributed by atoms with Crippen molar-refractivity contribution < 1.29 is 4.39 Å². The Morgan fingerprint density at radius 2 is 1.95 bits per heavy atom. The molecule has 4 heteroatoms. The SMILES string of the molecule is Cc1cc(CNCCN2CCN(C)CC2)ccc1F. The highest BCUT2D eigenvalue weighted by atomic mass is 19.1. The molecule has 3 nitrogen and oxygen atoms in total. The van der Waals surface area contributed by atoms with Crippen molar-refractivity contribution in [1.82, 2.24) is 15.1 Å². The van der Waals surface area contributed by atoms with Crippen molar-refractivity contribution in [3.8, 4) is 0 Å². The van der Waals surface area contributed by atoms with Crippen LogP contribution in [0.25, 0.3) is 0 Å². The minimum Gasteiger partial charge on any atom is -0.311 e. The van der Waals surface area contributed by atoms with Gasteiger partial charge in [0, 0.05) is 45.8 Å². The predicted octanol–water partition coefficient (Wildman–Crippen LogP) is 1.47. The average molecular weight is 265 g/mol. The van der Waals surface area contributed by atoms with Gasteiger partial charge in [0.2, 0.25) is 0 Å². The molecule has 0 aromatic heterocycles. The first-order chi connectivity index (χ1) is 9.15. The summed E-state index contributed by atoms with van der Waals surface area (Å²) in [5.41, 5.74) is 1.87.